The average Bonchev–Trinajstić information content (AvgIpc) is 2.40. The van der Waals surface area contributed by atoms with E-state index in [0.29, 0.717) is 26.0 Å². The molecular formula is C14H18N2O3. The first-order valence-electron chi connectivity index (χ1n) is 6.33. The van der Waals surface area contributed by atoms with Gasteiger partial charge in [-0.1, -0.05) is 24.3 Å². The van der Waals surface area contributed by atoms with Crippen LogP contribution in [0.15, 0.2) is 24.3 Å². The minimum Gasteiger partial charge on any atom is -0.380 e. The number of benzene rings is 1. The number of carbonyl (C=O) groups excluding carboxylic acids is 2. The third-order valence-corrected chi connectivity index (χ3v) is 3.20. The van der Waals surface area contributed by atoms with Crippen LogP contribution in [0, 0.1) is 0 Å². The topological polar surface area (TPSA) is 67.4 Å². The van der Waals surface area contributed by atoms with Gasteiger partial charge in [0.05, 0.1) is 12.6 Å². The first-order valence-corrected chi connectivity index (χ1v) is 6.33. The fourth-order valence-electron chi connectivity index (χ4n) is 2.15. The van der Waals surface area contributed by atoms with Crippen LogP contribution in [-0.4, -0.2) is 25.0 Å². The van der Waals surface area contributed by atoms with Crippen molar-refractivity contribution in [2.24, 2.45) is 0 Å². The molecule has 1 aliphatic heterocycles. The van der Waals surface area contributed by atoms with Gasteiger partial charge < -0.3 is 10.1 Å². The van der Waals surface area contributed by atoms with Crippen LogP contribution in [0.4, 0.5) is 0 Å². The lowest BCUT2D eigenvalue weighted by atomic mass is 10.0. The predicted molar refractivity (Wildman–Crippen MR) is 70.2 cm³/mol. The molecule has 102 valence electrons. The summed E-state index contributed by atoms with van der Waals surface area (Å²) in [7, 11) is 1.66. The van der Waals surface area contributed by atoms with Crippen molar-refractivity contribution in [3.05, 3.63) is 35.4 Å². The molecule has 5 heteroatoms. The molecule has 2 rings (SSSR count). The number of methoxy groups -OCH3 is 1. The van der Waals surface area contributed by atoms with Crippen molar-refractivity contribution in [1.29, 1.82) is 0 Å². The summed E-state index contributed by atoms with van der Waals surface area (Å²) in [6.07, 6.45) is 0.945. The van der Waals surface area contributed by atoms with Crippen LogP contribution in [0.1, 0.15) is 24.0 Å². The Hall–Kier alpha value is -1.72. The second kappa shape index (κ2) is 6.45. The highest BCUT2D eigenvalue weighted by Crippen LogP contribution is 2.11. The van der Waals surface area contributed by atoms with Gasteiger partial charge in [0.15, 0.2) is 0 Å². The molecular weight excluding hydrogens is 244 g/mol. The van der Waals surface area contributed by atoms with Crippen molar-refractivity contribution in [1.82, 2.24) is 10.6 Å². The lowest BCUT2D eigenvalue weighted by Crippen LogP contribution is -2.50. The molecule has 0 aliphatic carbocycles. The van der Waals surface area contributed by atoms with Crippen LogP contribution in [-0.2, 0) is 27.5 Å². The summed E-state index contributed by atoms with van der Waals surface area (Å²) in [5, 5.41) is 5.53. The lowest BCUT2D eigenvalue weighted by Gasteiger charge is -2.22. The van der Waals surface area contributed by atoms with E-state index in [1.165, 1.54) is 0 Å². The monoisotopic (exact) mass is 262 g/mol. The van der Waals surface area contributed by atoms with E-state index in [1.54, 1.807) is 7.11 Å². The maximum atomic E-state index is 11.6. The van der Waals surface area contributed by atoms with Crippen LogP contribution in [0.5, 0.6) is 0 Å². The molecule has 0 aromatic heterocycles. The molecule has 1 unspecified atom stereocenters. The van der Waals surface area contributed by atoms with Crippen LogP contribution < -0.4 is 10.6 Å². The fourth-order valence-corrected chi connectivity index (χ4v) is 2.15. The summed E-state index contributed by atoms with van der Waals surface area (Å²) in [6, 6.07) is 7.64. The molecule has 1 aliphatic rings. The van der Waals surface area contributed by atoms with E-state index in [2.05, 4.69) is 10.6 Å². The summed E-state index contributed by atoms with van der Waals surface area (Å²) in [5.41, 5.74) is 2.21. The minimum atomic E-state index is -0.298. The van der Waals surface area contributed by atoms with Gasteiger partial charge in [0.1, 0.15) is 0 Å². The Labute approximate surface area is 112 Å². The molecule has 0 saturated carbocycles. The van der Waals surface area contributed by atoms with Gasteiger partial charge in [-0.25, -0.2) is 0 Å². The van der Waals surface area contributed by atoms with Crippen LogP contribution in [0.25, 0.3) is 0 Å². The number of hydrogen-bond acceptors (Lipinski definition) is 4. The highest BCUT2D eigenvalue weighted by molar-refractivity contribution is 6.00. The van der Waals surface area contributed by atoms with E-state index < -0.39 is 0 Å². The zero-order valence-electron chi connectivity index (χ0n) is 10.9. The second-order valence-corrected chi connectivity index (χ2v) is 4.59. The smallest absolute Gasteiger partial charge is 0.243 e. The third-order valence-electron chi connectivity index (χ3n) is 3.20. The lowest BCUT2D eigenvalue weighted by molar-refractivity contribution is -0.134. The molecule has 0 spiro atoms. The molecule has 1 fully saturated rings. The summed E-state index contributed by atoms with van der Waals surface area (Å²) in [4.78, 5) is 22.7. The molecule has 2 N–H and O–H groups in total. The number of hydrogen-bond donors (Lipinski definition) is 2. The molecule has 0 radical (unpaired) electrons. The first-order chi connectivity index (χ1) is 9.20. The van der Waals surface area contributed by atoms with Crippen molar-refractivity contribution >= 4 is 11.8 Å². The number of ether oxygens (including phenoxy) is 1. The summed E-state index contributed by atoms with van der Waals surface area (Å²) >= 11 is 0. The highest BCUT2D eigenvalue weighted by Gasteiger charge is 2.25. The zero-order chi connectivity index (χ0) is 13.7. The molecule has 1 aromatic rings. The van der Waals surface area contributed by atoms with Gasteiger partial charge in [-0.15, -0.1) is 0 Å². The Morgan fingerprint density at radius 3 is 2.74 bits per heavy atom. The Kier molecular flexibility index (Phi) is 4.65. The molecule has 1 heterocycles. The number of piperidine rings is 1. The largest absolute Gasteiger partial charge is 0.380 e. The van der Waals surface area contributed by atoms with E-state index in [4.69, 9.17) is 4.74 Å². The van der Waals surface area contributed by atoms with Crippen molar-refractivity contribution < 1.29 is 14.3 Å². The van der Waals surface area contributed by atoms with Gasteiger partial charge >= 0.3 is 0 Å². The van der Waals surface area contributed by atoms with Crippen LogP contribution in [0.3, 0.4) is 0 Å². The maximum Gasteiger partial charge on any atom is 0.243 e. The zero-order valence-corrected chi connectivity index (χ0v) is 10.9. The Bertz CT molecular complexity index is 474. The SMILES string of the molecule is COCc1ccccc1CNC1CCC(=O)NC1=O. The van der Waals surface area contributed by atoms with Crippen molar-refractivity contribution in [3.63, 3.8) is 0 Å². The molecule has 0 bridgehead atoms. The quantitative estimate of drug-likeness (QED) is 0.768. The normalized spacial score (nSPS) is 19.3. The first kappa shape index (κ1) is 13.7. The number of amides is 2. The van der Waals surface area contributed by atoms with E-state index in [0.717, 1.165) is 11.1 Å². The van der Waals surface area contributed by atoms with Crippen molar-refractivity contribution in [2.45, 2.75) is 32.0 Å². The number of carbonyl (C=O) groups is 2. The molecule has 2 amide bonds. The van der Waals surface area contributed by atoms with Gasteiger partial charge in [0.2, 0.25) is 11.8 Å². The Balaban J connectivity index is 1.95. The standard InChI is InChI=1S/C14H18N2O3/c1-19-9-11-5-3-2-4-10(11)8-15-12-6-7-13(17)16-14(12)18/h2-5,12,15H,6-9H2,1H3,(H,16,17,18). The van der Waals surface area contributed by atoms with Gasteiger partial charge in [-0.2, -0.15) is 0 Å². The Morgan fingerprint density at radius 2 is 2.05 bits per heavy atom. The number of rotatable bonds is 5. The van der Waals surface area contributed by atoms with Gasteiger partial charge in [0.25, 0.3) is 0 Å². The highest BCUT2D eigenvalue weighted by atomic mass is 16.5. The molecule has 19 heavy (non-hydrogen) atoms. The minimum absolute atomic E-state index is 0.192. The van der Waals surface area contributed by atoms with E-state index in [1.807, 2.05) is 24.3 Å². The maximum absolute atomic E-state index is 11.6. The number of imide groups is 1. The summed E-state index contributed by atoms with van der Waals surface area (Å²) in [6.45, 7) is 1.14. The third kappa shape index (κ3) is 3.62. The summed E-state index contributed by atoms with van der Waals surface area (Å²) in [5.74, 6) is -0.427. The van der Waals surface area contributed by atoms with Crippen LogP contribution >= 0.6 is 0 Å². The van der Waals surface area contributed by atoms with Gasteiger partial charge in [0, 0.05) is 20.1 Å². The van der Waals surface area contributed by atoms with Gasteiger partial charge in [-0.05, 0) is 17.5 Å². The van der Waals surface area contributed by atoms with Crippen LogP contribution in [0.2, 0.25) is 0 Å². The van der Waals surface area contributed by atoms with E-state index in [9.17, 15) is 9.59 Å². The van der Waals surface area contributed by atoms with E-state index >= 15 is 0 Å². The molecule has 5 nitrogen and oxygen atoms in total. The number of nitrogens with one attached hydrogen (secondary N) is 2. The van der Waals surface area contributed by atoms with Crippen molar-refractivity contribution in [3.8, 4) is 0 Å². The fraction of sp³-hybridized carbons (Fsp3) is 0.429. The predicted octanol–water partition coefficient (Wildman–Crippen LogP) is 0.728. The second-order valence-electron chi connectivity index (χ2n) is 4.59. The molecule has 1 aromatic carbocycles. The average molecular weight is 262 g/mol. The molecule has 1 atom stereocenters. The molecule has 1 saturated heterocycles. The van der Waals surface area contributed by atoms with Gasteiger partial charge in [-0.3, -0.25) is 14.9 Å². The Morgan fingerprint density at radius 1 is 1.32 bits per heavy atom. The summed E-state index contributed by atoms with van der Waals surface area (Å²) < 4.78 is 5.14. The van der Waals surface area contributed by atoms with Crippen molar-refractivity contribution in [2.75, 3.05) is 7.11 Å². The van der Waals surface area contributed by atoms with E-state index in [-0.39, 0.29) is 17.9 Å².